The summed E-state index contributed by atoms with van der Waals surface area (Å²) in [5.41, 5.74) is -0.689. The number of aromatic nitrogens is 1. The highest BCUT2D eigenvalue weighted by Crippen LogP contribution is 2.32. The number of halogens is 4. The lowest BCUT2D eigenvalue weighted by Gasteiger charge is -2.15. The minimum atomic E-state index is -4.98. The topological polar surface area (TPSA) is 55.1 Å². The van der Waals surface area contributed by atoms with Crippen LogP contribution in [-0.2, 0) is 13.1 Å². The van der Waals surface area contributed by atoms with Crippen LogP contribution in [0.3, 0.4) is 0 Å². The van der Waals surface area contributed by atoms with Crippen molar-refractivity contribution < 1.29 is 27.0 Å². The molecule has 0 saturated heterocycles. The van der Waals surface area contributed by atoms with Gasteiger partial charge >= 0.3 is 6.36 Å². The van der Waals surface area contributed by atoms with Crippen LogP contribution < -0.4 is 9.47 Å². The fourth-order valence-electron chi connectivity index (χ4n) is 1.27. The highest BCUT2D eigenvalue weighted by molar-refractivity contribution is 5.42. The third kappa shape index (κ3) is 3.48. The van der Waals surface area contributed by atoms with Crippen molar-refractivity contribution in [3.63, 3.8) is 0 Å². The molecule has 0 N–H and O–H groups in total. The summed E-state index contributed by atoms with van der Waals surface area (Å²) in [6.45, 7) is -1.26. The molecule has 98 valence electrons. The van der Waals surface area contributed by atoms with Gasteiger partial charge in [0.1, 0.15) is 12.4 Å². The highest BCUT2D eigenvalue weighted by atomic mass is 19.4. The van der Waals surface area contributed by atoms with Crippen molar-refractivity contribution >= 4 is 0 Å². The van der Waals surface area contributed by atoms with Gasteiger partial charge in [0.15, 0.2) is 5.75 Å². The quantitative estimate of drug-likeness (QED) is 0.784. The summed E-state index contributed by atoms with van der Waals surface area (Å²) in [7, 11) is 1.23. The second-order valence-corrected chi connectivity index (χ2v) is 3.12. The van der Waals surface area contributed by atoms with Gasteiger partial charge in [-0.2, -0.15) is 5.26 Å². The van der Waals surface area contributed by atoms with Gasteiger partial charge in [-0.05, 0) is 0 Å². The van der Waals surface area contributed by atoms with Crippen LogP contribution in [0.15, 0.2) is 6.07 Å². The molecule has 0 fully saturated rings. The lowest BCUT2D eigenvalue weighted by Crippen LogP contribution is -2.19. The summed E-state index contributed by atoms with van der Waals surface area (Å²) in [5, 5.41) is 8.53. The lowest BCUT2D eigenvalue weighted by atomic mass is 10.1. The van der Waals surface area contributed by atoms with Crippen molar-refractivity contribution in [1.29, 1.82) is 5.26 Å². The minimum absolute atomic E-state index is 0.0811. The molecule has 18 heavy (non-hydrogen) atoms. The Hall–Kier alpha value is -2.04. The predicted molar refractivity (Wildman–Crippen MR) is 51.6 cm³/mol. The van der Waals surface area contributed by atoms with Crippen LogP contribution in [0.25, 0.3) is 0 Å². The van der Waals surface area contributed by atoms with E-state index in [2.05, 4.69) is 9.72 Å². The Bertz CT molecular complexity index is 468. The van der Waals surface area contributed by atoms with Gasteiger partial charge in [-0.25, -0.2) is 9.37 Å². The van der Waals surface area contributed by atoms with Gasteiger partial charge in [0, 0.05) is 11.6 Å². The number of ether oxygens (including phenoxy) is 2. The smallest absolute Gasteiger partial charge is 0.481 e. The van der Waals surface area contributed by atoms with E-state index in [0.717, 1.165) is 6.07 Å². The Labute approximate surface area is 99.8 Å². The van der Waals surface area contributed by atoms with Crippen molar-refractivity contribution in [2.75, 3.05) is 7.11 Å². The van der Waals surface area contributed by atoms with Crippen LogP contribution in [0.4, 0.5) is 17.6 Å². The first-order valence-corrected chi connectivity index (χ1v) is 4.66. The molecule has 1 rings (SSSR count). The predicted octanol–water partition coefficient (Wildman–Crippen LogP) is 2.52. The number of alkyl halides is 4. The zero-order chi connectivity index (χ0) is 13.8. The molecule has 4 nitrogen and oxygen atoms in total. The first kappa shape index (κ1) is 14.0. The van der Waals surface area contributed by atoms with Gasteiger partial charge in [0.25, 0.3) is 0 Å². The molecule has 0 aliphatic rings. The zero-order valence-electron chi connectivity index (χ0n) is 9.21. The van der Waals surface area contributed by atoms with Crippen LogP contribution >= 0.6 is 0 Å². The molecular weight excluding hydrogens is 256 g/mol. The van der Waals surface area contributed by atoms with E-state index < -0.39 is 24.5 Å². The molecule has 0 radical (unpaired) electrons. The summed E-state index contributed by atoms with van der Waals surface area (Å²) >= 11 is 0. The number of hydrogen-bond acceptors (Lipinski definition) is 4. The van der Waals surface area contributed by atoms with Crippen LogP contribution in [0.2, 0.25) is 0 Å². The maximum atomic E-state index is 12.6. The Morgan fingerprint density at radius 1 is 1.44 bits per heavy atom. The van der Waals surface area contributed by atoms with Crippen molar-refractivity contribution in [3.05, 3.63) is 17.3 Å². The number of hydrogen-bond donors (Lipinski definition) is 0. The van der Waals surface area contributed by atoms with E-state index in [1.54, 1.807) is 6.07 Å². The van der Waals surface area contributed by atoms with E-state index in [9.17, 15) is 17.6 Å². The van der Waals surface area contributed by atoms with E-state index in [-0.39, 0.29) is 17.9 Å². The molecule has 0 aliphatic heterocycles. The average molecular weight is 264 g/mol. The summed E-state index contributed by atoms with van der Waals surface area (Å²) in [4.78, 5) is 3.51. The molecule has 0 aromatic carbocycles. The number of nitriles is 1. The summed E-state index contributed by atoms with van der Waals surface area (Å²) in [6.07, 6.45) is -5.36. The van der Waals surface area contributed by atoms with E-state index in [1.165, 1.54) is 7.11 Å². The molecule has 0 atom stereocenters. The van der Waals surface area contributed by atoms with E-state index in [4.69, 9.17) is 10.00 Å². The van der Waals surface area contributed by atoms with Gasteiger partial charge in [0.2, 0.25) is 5.88 Å². The molecule has 1 aromatic rings. The molecule has 0 aliphatic carbocycles. The van der Waals surface area contributed by atoms with E-state index in [0.29, 0.717) is 0 Å². The minimum Gasteiger partial charge on any atom is -0.481 e. The summed E-state index contributed by atoms with van der Waals surface area (Å²) in [6, 6.07) is 2.76. The third-order valence-electron chi connectivity index (χ3n) is 1.92. The van der Waals surface area contributed by atoms with Crippen LogP contribution in [0.1, 0.15) is 11.3 Å². The fraction of sp³-hybridized carbons (Fsp3) is 0.400. The Balaban J connectivity index is 3.30. The monoisotopic (exact) mass is 264 g/mol. The number of rotatable bonds is 4. The van der Waals surface area contributed by atoms with Gasteiger partial charge in [-0.15, -0.1) is 13.2 Å². The normalized spacial score (nSPS) is 10.9. The zero-order valence-corrected chi connectivity index (χ0v) is 9.21. The van der Waals surface area contributed by atoms with Crippen LogP contribution in [-0.4, -0.2) is 18.5 Å². The molecule has 1 aromatic heterocycles. The Morgan fingerprint density at radius 2 is 2.11 bits per heavy atom. The first-order chi connectivity index (χ1) is 8.41. The van der Waals surface area contributed by atoms with Crippen LogP contribution in [0.5, 0.6) is 11.6 Å². The van der Waals surface area contributed by atoms with Gasteiger partial charge in [-0.3, -0.25) is 0 Å². The second kappa shape index (κ2) is 5.53. The molecule has 0 unspecified atom stereocenters. The van der Waals surface area contributed by atoms with Crippen molar-refractivity contribution in [2.45, 2.75) is 19.5 Å². The van der Waals surface area contributed by atoms with Gasteiger partial charge in [0.05, 0.1) is 19.6 Å². The Kier molecular flexibility index (Phi) is 4.31. The van der Waals surface area contributed by atoms with Gasteiger partial charge < -0.3 is 9.47 Å². The van der Waals surface area contributed by atoms with Crippen LogP contribution in [0, 0.1) is 11.3 Å². The highest BCUT2D eigenvalue weighted by Gasteiger charge is 2.34. The molecule has 8 heteroatoms. The summed E-state index contributed by atoms with van der Waals surface area (Å²) < 4.78 is 57.6. The molecule has 1 heterocycles. The summed E-state index contributed by atoms with van der Waals surface area (Å²) in [5.74, 6) is -0.866. The van der Waals surface area contributed by atoms with E-state index in [1.807, 2.05) is 0 Å². The maximum Gasteiger partial charge on any atom is 0.573 e. The average Bonchev–Trinajstić information content (AvgIpc) is 2.29. The standard InChI is InChI=1S/C10H8F4N2O2/c1-17-8-4-6(2-3-15)9(7(5-11)16-8)18-10(12,13)14/h4H,2,5H2,1H3. The first-order valence-electron chi connectivity index (χ1n) is 4.66. The maximum absolute atomic E-state index is 12.6. The molecule has 0 bridgehead atoms. The molecule has 0 spiro atoms. The van der Waals surface area contributed by atoms with Crippen molar-refractivity contribution in [1.82, 2.24) is 4.98 Å². The lowest BCUT2D eigenvalue weighted by molar-refractivity contribution is -0.275. The second-order valence-electron chi connectivity index (χ2n) is 3.12. The van der Waals surface area contributed by atoms with Gasteiger partial charge in [-0.1, -0.05) is 0 Å². The van der Waals surface area contributed by atoms with Crippen molar-refractivity contribution in [3.8, 4) is 17.7 Å². The third-order valence-corrected chi connectivity index (χ3v) is 1.92. The number of pyridine rings is 1. The SMILES string of the molecule is COc1cc(CC#N)c(OC(F)(F)F)c(CF)n1. The number of methoxy groups -OCH3 is 1. The molecule has 0 saturated carbocycles. The number of nitrogens with zero attached hydrogens (tertiary/aromatic N) is 2. The Morgan fingerprint density at radius 3 is 2.56 bits per heavy atom. The largest absolute Gasteiger partial charge is 0.573 e. The molecule has 0 amide bonds. The fourth-order valence-corrected chi connectivity index (χ4v) is 1.27. The van der Waals surface area contributed by atoms with Crippen molar-refractivity contribution in [2.24, 2.45) is 0 Å². The molecular formula is C10H8F4N2O2. The van der Waals surface area contributed by atoms with E-state index >= 15 is 0 Å².